The third-order valence-corrected chi connectivity index (χ3v) is 3.41. The maximum atomic E-state index is 12.2. The van der Waals surface area contributed by atoms with E-state index in [1.54, 1.807) is 0 Å². The van der Waals surface area contributed by atoms with E-state index in [0.717, 1.165) is 5.56 Å². The summed E-state index contributed by atoms with van der Waals surface area (Å²) < 4.78 is 5.39. The molecule has 3 aromatic rings. The Labute approximate surface area is 137 Å². The molecule has 0 aliphatic carbocycles. The molecular formula is C17H13N3O4. The van der Waals surface area contributed by atoms with Crippen LogP contribution in [0.2, 0.25) is 0 Å². The van der Waals surface area contributed by atoms with Crippen molar-refractivity contribution >= 4 is 11.6 Å². The van der Waals surface area contributed by atoms with Crippen LogP contribution in [0.3, 0.4) is 0 Å². The first-order valence-electron chi connectivity index (χ1n) is 7.15. The molecule has 0 spiro atoms. The smallest absolute Gasteiger partial charge is 0.270 e. The van der Waals surface area contributed by atoms with Gasteiger partial charge in [0, 0.05) is 23.3 Å². The SMILES string of the molecule is O=C(NCc1ncoc1-c1ccccc1)c1cccc([N+](=O)[O-])c1. The summed E-state index contributed by atoms with van der Waals surface area (Å²) in [6.45, 7) is 0.155. The van der Waals surface area contributed by atoms with Gasteiger partial charge in [-0.3, -0.25) is 14.9 Å². The third-order valence-electron chi connectivity index (χ3n) is 3.41. The Morgan fingerprint density at radius 2 is 1.96 bits per heavy atom. The quantitative estimate of drug-likeness (QED) is 0.574. The molecule has 0 fully saturated rings. The molecule has 24 heavy (non-hydrogen) atoms. The van der Waals surface area contributed by atoms with E-state index in [1.165, 1.54) is 30.7 Å². The average Bonchev–Trinajstić information content (AvgIpc) is 3.09. The van der Waals surface area contributed by atoms with Gasteiger partial charge in [-0.25, -0.2) is 4.98 Å². The fourth-order valence-corrected chi connectivity index (χ4v) is 2.25. The van der Waals surface area contributed by atoms with Crippen LogP contribution < -0.4 is 5.32 Å². The summed E-state index contributed by atoms with van der Waals surface area (Å²) in [5, 5.41) is 13.5. The fourth-order valence-electron chi connectivity index (χ4n) is 2.25. The highest BCUT2D eigenvalue weighted by atomic mass is 16.6. The van der Waals surface area contributed by atoms with Gasteiger partial charge in [0.15, 0.2) is 12.2 Å². The minimum absolute atomic E-state index is 0.130. The fraction of sp³-hybridized carbons (Fsp3) is 0.0588. The summed E-state index contributed by atoms with van der Waals surface area (Å²) in [7, 11) is 0. The molecule has 120 valence electrons. The second kappa shape index (κ2) is 6.74. The van der Waals surface area contributed by atoms with Crippen molar-refractivity contribution in [2.24, 2.45) is 0 Å². The Bertz CT molecular complexity index is 874. The van der Waals surface area contributed by atoms with Crippen LogP contribution in [0.15, 0.2) is 65.4 Å². The Kier molecular flexibility index (Phi) is 4.33. The van der Waals surface area contributed by atoms with Crippen molar-refractivity contribution in [2.75, 3.05) is 0 Å². The zero-order valence-corrected chi connectivity index (χ0v) is 12.5. The zero-order chi connectivity index (χ0) is 16.9. The highest BCUT2D eigenvalue weighted by molar-refractivity contribution is 5.94. The molecule has 7 nitrogen and oxygen atoms in total. The Morgan fingerprint density at radius 1 is 1.17 bits per heavy atom. The Morgan fingerprint density at radius 3 is 2.71 bits per heavy atom. The number of nitrogens with one attached hydrogen (secondary N) is 1. The number of non-ortho nitro benzene ring substituents is 1. The predicted molar refractivity (Wildman–Crippen MR) is 86.2 cm³/mol. The number of carbonyl (C=O) groups excluding carboxylic acids is 1. The lowest BCUT2D eigenvalue weighted by molar-refractivity contribution is -0.384. The first-order chi connectivity index (χ1) is 11.6. The normalized spacial score (nSPS) is 10.3. The summed E-state index contributed by atoms with van der Waals surface area (Å²) >= 11 is 0. The maximum Gasteiger partial charge on any atom is 0.270 e. The van der Waals surface area contributed by atoms with Gasteiger partial charge < -0.3 is 9.73 Å². The number of rotatable bonds is 5. The number of amides is 1. The number of nitro groups is 1. The van der Waals surface area contributed by atoms with Gasteiger partial charge in [-0.15, -0.1) is 0 Å². The minimum Gasteiger partial charge on any atom is -0.443 e. The Hall–Kier alpha value is -3.48. The van der Waals surface area contributed by atoms with E-state index in [1.807, 2.05) is 30.3 Å². The minimum atomic E-state index is -0.540. The topological polar surface area (TPSA) is 98.3 Å². The predicted octanol–water partition coefficient (Wildman–Crippen LogP) is 3.18. The van der Waals surface area contributed by atoms with Crippen molar-refractivity contribution in [3.05, 3.63) is 82.4 Å². The van der Waals surface area contributed by atoms with Crippen LogP contribution >= 0.6 is 0 Å². The lowest BCUT2D eigenvalue weighted by Gasteiger charge is -2.05. The van der Waals surface area contributed by atoms with Crippen LogP contribution in [0, 0.1) is 10.1 Å². The van der Waals surface area contributed by atoms with Crippen molar-refractivity contribution in [1.29, 1.82) is 0 Å². The van der Waals surface area contributed by atoms with E-state index in [4.69, 9.17) is 4.42 Å². The van der Waals surface area contributed by atoms with Gasteiger partial charge in [-0.05, 0) is 6.07 Å². The zero-order valence-electron chi connectivity index (χ0n) is 12.5. The van der Waals surface area contributed by atoms with E-state index >= 15 is 0 Å². The lowest BCUT2D eigenvalue weighted by Crippen LogP contribution is -2.23. The van der Waals surface area contributed by atoms with E-state index < -0.39 is 10.8 Å². The van der Waals surface area contributed by atoms with Crippen molar-refractivity contribution in [2.45, 2.75) is 6.54 Å². The molecule has 1 amide bonds. The number of hydrogen-bond acceptors (Lipinski definition) is 5. The van der Waals surface area contributed by atoms with Gasteiger partial charge in [0.2, 0.25) is 0 Å². The first kappa shape index (κ1) is 15.4. The van der Waals surface area contributed by atoms with Crippen molar-refractivity contribution in [1.82, 2.24) is 10.3 Å². The van der Waals surface area contributed by atoms with E-state index in [9.17, 15) is 14.9 Å². The second-order valence-electron chi connectivity index (χ2n) is 4.98. The molecule has 1 aromatic heterocycles. The largest absolute Gasteiger partial charge is 0.443 e. The average molecular weight is 323 g/mol. The summed E-state index contributed by atoms with van der Waals surface area (Å²) in [6, 6.07) is 15.0. The Balaban J connectivity index is 1.73. The summed E-state index contributed by atoms with van der Waals surface area (Å²) in [6.07, 6.45) is 1.32. The molecule has 0 unspecified atom stereocenters. The molecule has 7 heteroatoms. The monoisotopic (exact) mass is 323 g/mol. The van der Waals surface area contributed by atoms with E-state index in [2.05, 4.69) is 10.3 Å². The van der Waals surface area contributed by atoms with Gasteiger partial charge >= 0.3 is 0 Å². The van der Waals surface area contributed by atoms with Crippen molar-refractivity contribution in [3.8, 4) is 11.3 Å². The number of carbonyl (C=O) groups is 1. The number of benzene rings is 2. The number of oxazole rings is 1. The van der Waals surface area contributed by atoms with Gasteiger partial charge in [0.05, 0.1) is 11.5 Å². The van der Waals surface area contributed by atoms with Crippen LogP contribution in [0.25, 0.3) is 11.3 Å². The third kappa shape index (κ3) is 3.30. The molecule has 0 radical (unpaired) electrons. The lowest BCUT2D eigenvalue weighted by atomic mass is 10.1. The molecule has 0 bridgehead atoms. The van der Waals surface area contributed by atoms with Crippen molar-refractivity contribution in [3.63, 3.8) is 0 Å². The van der Waals surface area contributed by atoms with Crippen LogP contribution in [0.1, 0.15) is 16.1 Å². The molecular weight excluding hydrogens is 310 g/mol. The molecule has 1 heterocycles. The number of aromatic nitrogens is 1. The van der Waals surface area contributed by atoms with Crippen LogP contribution in [0.4, 0.5) is 5.69 Å². The van der Waals surface area contributed by atoms with Gasteiger partial charge in [0.25, 0.3) is 11.6 Å². The van der Waals surface area contributed by atoms with E-state index in [-0.39, 0.29) is 17.8 Å². The summed E-state index contributed by atoms with van der Waals surface area (Å²) in [5.41, 5.74) is 1.53. The van der Waals surface area contributed by atoms with Crippen LogP contribution in [-0.2, 0) is 6.54 Å². The molecule has 1 N–H and O–H groups in total. The number of hydrogen-bond donors (Lipinski definition) is 1. The number of nitrogens with zero attached hydrogens (tertiary/aromatic N) is 2. The summed E-state index contributed by atoms with van der Waals surface area (Å²) in [5.74, 6) is 0.163. The van der Waals surface area contributed by atoms with Gasteiger partial charge in [-0.1, -0.05) is 36.4 Å². The maximum absolute atomic E-state index is 12.2. The van der Waals surface area contributed by atoms with Crippen molar-refractivity contribution < 1.29 is 14.1 Å². The first-order valence-corrected chi connectivity index (χ1v) is 7.15. The molecule has 0 atom stereocenters. The molecule has 0 saturated heterocycles. The van der Waals surface area contributed by atoms with Gasteiger partial charge in [-0.2, -0.15) is 0 Å². The second-order valence-corrected chi connectivity index (χ2v) is 4.98. The molecule has 3 rings (SSSR count). The molecule has 2 aromatic carbocycles. The molecule has 0 saturated carbocycles. The van der Waals surface area contributed by atoms with Crippen LogP contribution in [0.5, 0.6) is 0 Å². The molecule has 0 aliphatic rings. The van der Waals surface area contributed by atoms with Gasteiger partial charge in [0.1, 0.15) is 5.69 Å². The van der Waals surface area contributed by atoms with E-state index in [0.29, 0.717) is 11.5 Å². The highest BCUT2D eigenvalue weighted by Crippen LogP contribution is 2.22. The standard InChI is InChI=1S/C17H13N3O4/c21-17(13-7-4-8-14(9-13)20(22)23)18-10-15-16(24-11-19-15)12-5-2-1-3-6-12/h1-9,11H,10H2,(H,18,21). The summed E-state index contributed by atoms with van der Waals surface area (Å²) in [4.78, 5) is 26.5. The molecule has 0 aliphatic heterocycles. The van der Waals surface area contributed by atoms with Crippen LogP contribution in [-0.4, -0.2) is 15.8 Å². The number of nitro benzene ring substituents is 1. The highest BCUT2D eigenvalue weighted by Gasteiger charge is 2.14.